The number of nitrogen functional groups attached to an aromatic ring is 1. The van der Waals surface area contributed by atoms with Crippen molar-refractivity contribution in [3.8, 4) is 0 Å². The minimum Gasteiger partial charge on any atom is -0.465 e. The van der Waals surface area contributed by atoms with E-state index in [1.807, 2.05) is 18.2 Å². The summed E-state index contributed by atoms with van der Waals surface area (Å²) < 4.78 is 6.43. The van der Waals surface area contributed by atoms with Gasteiger partial charge in [0.05, 0.1) is 24.0 Å². The molecule has 1 aromatic carbocycles. The maximum atomic E-state index is 11.6. The first kappa shape index (κ1) is 14.8. The predicted molar refractivity (Wildman–Crippen MR) is 85.1 cm³/mol. The third-order valence-electron chi connectivity index (χ3n) is 2.58. The van der Waals surface area contributed by atoms with Crippen molar-refractivity contribution >= 4 is 55.0 Å². The van der Waals surface area contributed by atoms with Crippen molar-refractivity contribution in [2.24, 2.45) is 0 Å². The van der Waals surface area contributed by atoms with Crippen molar-refractivity contribution in [1.29, 1.82) is 0 Å². The Morgan fingerprint density at radius 2 is 2.10 bits per heavy atom. The van der Waals surface area contributed by atoms with Gasteiger partial charge in [-0.1, -0.05) is 15.9 Å². The monoisotopic (exact) mass is 399 g/mol. The predicted octanol–water partition coefficient (Wildman–Crippen LogP) is 3.72. The number of halogens is 2. The zero-order valence-electron chi connectivity index (χ0n) is 10.5. The molecule has 3 N–H and O–H groups in total. The van der Waals surface area contributed by atoms with Crippen LogP contribution in [0.25, 0.3) is 0 Å². The first-order chi connectivity index (χ1) is 9.52. The summed E-state index contributed by atoms with van der Waals surface area (Å²) in [6.45, 7) is 0. The minimum atomic E-state index is -0.499. The molecule has 0 fully saturated rings. The van der Waals surface area contributed by atoms with E-state index in [1.165, 1.54) is 19.4 Å². The number of rotatable bonds is 3. The summed E-state index contributed by atoms with van der Waals surface area (Å²) in [6, 6.07) is 7.17. The molecule has 0 saturated carbocycles. The van der Waals surface area contributed by atoms with Crippen molar-refractivity contribution in [2.75, 3.05) is 18.2 Å². The van der Waals surface area contributed by atoms with Crippen LogP contribution < -0.4 is 11.1 Å². The lowest BCUT2D eigenvalue weighted by molar-refractivity contribution is 0.0602. The fraction of sp³-hybridized carbons (Fsp3) is 0.0769. The highest BCUT2D eigenvalue weighted by molar-refractivity contribution is 9.11. The molecule has 0 spiro atoms. The standard InChI is InChI=1S/C13H11Br2N3O2/c1-20-13(19)8-4-5-17-12(11(8)16)18-10-6-7(14)2-3-9(10)15/h2-6H,16H2,1H3,(H,17,18). The molecule has 2 aromatic rings. The highest BCUT2D eigenvalue weighted by Crippen LogP contribution is 2.31. The number of aromatic nitrogens is 1. The summed E-state index contributed by atoms with van der Waals surface area (Å²) in [5, 5.41) is 3.08. The quantitative estimate of drug-likeness (QED) is 0.767. The van der Waals surface area contributed by atoms with E-state index in [-0.39, 0.29) is 11.3 Å². The van der Waals surface area contributed by atoms with E-state index in [2.05, 4.69) is 46.9 Å². The number of carbonyl (C=O) groups excluding carboxylic acids is 1. The van der Waals surface area contributed by atoms with Crippen LogP contribution in [-0.4, -0.2) is 18.1 Å². The maximum Gasteiger partial charge on any atom is 0.340 e. The summed E-state index contributed by atoms with van der Waals surface area (Å²) in [5.74, 6) is -0.104. The summed E-state index contributed by atoms with van der Waals surface area (Å²) in [6.07, 6.45) is 1.50. The Balaban J connectivity index is 2.39. The zero-order chi connectivity index (χ0) is 14.7. The number of nitrogens with one attached hydrogen (secondary N) is 1. The van der Waals surface area contributed by atoms with Gasteiger partial charge in [-0.05, 0) is 40.2 Å². The molecule has 0 aliphatic rings. The summed E-state index contributed by atoms with van der Waals surface area (Å²) >= 11 is 6.82. The number of nitrogens with zero attached hydrogens (tertiary/aromatic N) is 1. The second-order valence-electron chi connectivity index (χ2n) is 3.86. The van der Waals surface area contributed by atoms with Gasteiger partial charge in [0.15, 0.2) is 5.82 Å². The first-order valence-corrected chi connectivity index (χ1v) is 7.16. The van der Waals surface area contributed by atoms with Gasteiger partial charge in [0, 0.05) is 15.1 Å². The molecule has 0 atom stereocenters. The molecule has 0 amide bonds. The molecule has 5 nitrogen and oxygen atoms in total. The van der Waals surface area contributed by atoms with Crippen molar-refractivity contribution in [1.82, 2.24) is 4.98 Å². The largest absolute Gasteiger partial charge is 0.465 e. The number of hydrogen-bond acceptors (Lipinski definition) is 5. The Morgan fingerprint density at radius 1 is 1.35 bits per heavy atom. The lowest BCUT2D eigenvalue weighted by Crippen LogP contribution is -2.09. The zero-order valence-corrected chi connectivity index (χ0v) is 13.7. The lowest BCUT2D eigenvalue weighted by Gasteiger charge is -2.12. The molecule has 1 heterocycles. The fourth-order valence-corrected chi connectivity index (χ4v) is 2.29. The summed E-state index contributed by atoms with van der Waals surface area (Å²) in [5.41, 5.74) is 7.24. The van der Waals surface area contributed by atoms with Crippen LogP contribution in [0.4, 0.5) is 17.2 Å². The number of anilines is 3. The molecular formula is C13H11Br2N3O2. The van der Waals surface area contributed by atoms with Gasteiger partial charge in [0.25, 0.3) is 0 Å². The Hall–Kier alpha value is -1.60. The Bertz CT molecular complexity index is 662. The van der Waals surface area contributed by atoms with Gasteiger partial charge < -0.3 is 15.8 Å². The second kappa shape index (κ2) is 6.23. The molecule has 7 heteroatoms. The van der Waals surface area contributed by atoms with Crippen LogP contribution in [-0.2, 0) is 4.74 Å². The van der Waals surface area contributed by atoms with Gasteiger partial charge in [-0.3, -0.25) is 0 Å². The highest BCUT2D eigenvalue weighted by atomic mass is 79.9. The molecule has 0 aliphatic heterocycles. The number of hydrogen-bond donors (Lipinski definition) is 2. The first-order valence-electron chi connectivity index (χ1n) is 5.57. The molecule has 1 aromatic heterocycles. The van der Waals surface area contributed by atoms with Gasteiger partial charge in [-0.25, -0.2) is 9.78 Å². The van der Waals surface area contributed by atoms with Crippen molar-refractivity contribution < 1.29 is 9.53 Å². The van der Waals surface area contributed by atoms with E-state index in [1.54, 1.807) is 0 Å². The van der Waals surface area contributed by atoms with Crippen LogP contribution in [0.3, 0.4) is 0 Å². The van der Waals surface area contributed by atoms with Crippen molar-refractivity contribution in [3.63, 3.8) is 0 Å². The molecule has 0 unspecified atom stereocenters. The molecule has 2 rings (SSSR count). The van der Waals surface area contributed by atoms with Crippen LogP contribution in [0.15, 0.2) is 39.4 Å². The van der Waals surface area contributed by atoms with Crippen LogP contribution >= 0.6 is 31.9 Å². The number of ether oxygens (including phenoxy) is 1. The average molecular weight is 401 g/mol. The molecule has 20 heavy (non-hydrogen) atoms. The molecule has 0 bridgehead atoms. The minimum absolute atomic E-state index is 0.242. The SMILES string of the molecule is COC(=O)c1ccnc(Nc2cc(Br)ccc2Br)c1N. The van der Waals surface area contributed by atoms with Crippen LogP contribution in [0.1, 0.15) is 10.4 Å². The second-order valence-corrected chi connectivity index (χ2v) is 5.63. The van der Waals surface area contributed by atoms with E-state index in [4.69, 9.17) is 5.73 Å². The Kier molecular flexibility index (Phi) is 4.61. The lowest BCUT2D eigenvalue weighted by atomic mass is 10.2. The number of esters is 1. The van der Waals surface area contributed by atoms with Crippen molar-refractivity contribution in [2.45, 2.75) is 0 Å². The smallest absolute Gasteiger partial charge is 0.340 e. The normalized spacial score (nSPS) is 10.2. The Morgan fingerprint density at radius 3 is 2.80 bits per heavy atom. The van der Waals surface area contributed by atoms with Gasteiger partial charge >= 0.3 is 5.97 Å². The van der Waals surface area contributed by atoms with Crippen LogP contribution in [0, 0.1) is 0 Å². The number of methoxy groups -OCH3 is 1. The number of pyridine rings is 1. The van der Waals surface area contributed by atoms with Gasteiger partial charge in [-0.2, -0.15) is 0 Å². The van der Waals surface area contributed by atoms with E-state index < -0.39 is 5.97 Å². The maximum absolute atomic E-state index is 11.6. The third kappa shape index (κ3) is 3.10. The molecule has 0 saturated heterocycles. The topological polar surface area (TPSA) is 77.2 Å². The third-order valence-corrected chi connectivity index (χ3v) is 3.76. The van der Waals surface area contributed by atoms with Crippen LogP contribution in [0.2, 0.25) is 0 Å². The van der Waals surface area contributed by atoms with E-state index in [0.29, 0.717) is 5.82 Å². The highest BCUT2D eigenvalue weighted by Gasteiger charge is 2.14. The van der Waals surface area contributed by atoms with Gasteiger partial charge in [0.1, 0.15) is 0 Å². The van der Waals surface area contributed by atoms with Gasteiger partial charge in [-0.15, -0.1) is 0 Å². The summed E-state index contributed by atoms with van der Waals surface area (Å²) in [4.78, 5) is 15.7. The molecular weight excluding hydrogens is 390 g/mol. The molecule has 104 valence electrons. The molecule has 0 aliphatic carbocycles. The molecule has 0 radical (unpaired) electrons. The Labute approximate surface area is 132 Å². The van der Waals surface area contributed by atoms with E-state index in [9.17, 15) is 4.79 Å². The number of carbonyl (C=O) groups is 1. The van der Waals surface area contributed by atoms with E-state index >= 15 is 0 Å². The number of benzene rings is 1. The van der Waals surface area contributed by atoms with E-state index in [0.717, 1.165) is 14.6 Å². The van der Waals surface area contributed by atoms with Crippen LogP contribution in [0.5, 0.6) is 0 Å². The average Bonchev–Trinajstić information content (AvgIpc) is 2.44. The number of nitrogens with two attached hydrogens (primary N) is 1. The summed E-state index contributed by atoms with van der Waals surface area (Å²) in [7, 11) is 1.31. The fourth-order valence-electron chi connectivity index (χ4n) is 1.58. The van der Waals surface area contributed by atoms with Crippen molar-refractivity contribution in [3.05, 3.63) is 45.0 Å². The van der Waals surface area contributed by atoms with Gasteiger partial charge in [0.2, 0.25) is 0 Å².